The van der Waals surface area contributed by atoms with Crippen molar-refractivity contribution in [3.63, 3.8) is 0 Å². The molecule has 1 N–H and O–H groups in total. The Bertz CT molecular complexity index is 298. The van der Waals surface area contributed by atoms with Gasteiger partial charge in [0.25, 0.3) is 0 Å². The van der Waals surface area contributed by atoms with E-state index in [2.05, 4.69) is 9.46 Å². The Morgan fingerprint density at radius 3 is 2.29 bits per heavy atom. The van der Waals surface area contributed by atoms with Gasteiger partial charge in [-0.2, -0.15) is 4.72 Å². The number of carbonyl (C=O) groups excluding carboxylic acids is 1. The van der Waals surface area contributed by atoms with E-state index in [0.29, 0.717) is 12.8 Å². The van der Waals surface area contributed by atoms with Crippen LogP contribution in [0.1, 0.15) is 26.7 Å². The van der Waals surface area contributed by atoms with Crippen LogP contribution >= 0.6 is 0 Å². The Morgan fingerprint density at radius 2 is 2.00 bits per heavy atom. The summed E-state index contributed by atoms with van der Waals surface area (Å²) in [4.78, 5) is 11.4. The maximum atomic E-state index is 11.4. The average Bonchev–Trinajstić information content (AvgIpc) is 2.00. The molecule has 14 heavy (non-hydrogen) atoms. The van der Waals surface area contributed by atoms with Gasteiger partial charge in [0.15, 0.2) is 0 Å². The molecule has 6 heteroatoms. The molecule has 0 fully saturated rings. The fourth-order valence-corrected chi connectivity index (χ4v) is 2.33. The van der Waals surface area contributed by atoms with Crippen LogP contribution in [-0.2, 0) is 19.6 Å². The Hall–Kier alpha value is -0.620. The number of esters is 1. The highest BCUT2D eigenvalue weighted by atomic mass is 32.2. The summed E-state index contributed by atoms with van der Waals surface area (Å²) in [6.07, 6.45) is 2.12. The normalized spacial score (nSPS) is 16.0. The molecule has 0 saturated carbocycles. The number of carbonyl (C=O) groups is 1. The highest BCUT2D eigenvalue weighted by molar-refractivity contribution is 7.88. The fraction of sp³-hybridized carbons (Fsp3) is 0.875. The molecule has 0 amide bonds. The zero-order valence-electron chi connectivity index (χ0n) is 8.96. The monoisotopic (exact) mass is 223 g/mol. The van der Waals surface area contributed by atoms with Crippen LogP contribution in [0, 0.1) is 0 Å². The third kappa shape index (κ3) is 4.06. The molecule has 1 atom stereocenters. The number of methoxy groups -OCH3 is 1. The first-order valence-electron chi connectivity index (χ1n) is 4.32. The van der Waals surface area contributed by atoms with Crippen molar-refractivity contribution < 1.29 is 17.9 Å². The van der Waals surface area contributed by atoms with E-state index in [1.165, 1.54) is 14.0 Å². The SMILES string of the molecule is CCCC(C)(NS(C)(=O)=O)C(=O)OC. The van der Waals surface area contributed by atoms with Gasteiger partial charge in [0.2, 0.25) is 10.0 Å². The molecule has 0 aliphatic carbocycles. The third-order valence-corrected chi connectivity index (χ3v) is 2.62. The van der Waals surface area contributed by atoms with E-state index in [4.69, 9.17) is 0 Å². The summed E-state index contributed by atoms with van der Waals surface area (Å²) in [6, 6.07) is 0. The highest BCUT2D eigenvalue weighted by Gasteiger charge is 2.36. The predicted octanol–water partition coefficient (Wildman–Crippen LogP) is 0.267. The van der Waals surface area contributed by atoms with Gasteiger partial charge in [-0.25, -0.2) is 8.42 Å². The topological polar surface area (TPSA) is 72.5 Å². The van der Waals surface area contributed by atoms with E-state index in [-0.39, 0.29) is 0 Å². The summed E-state index contributed by atoms with van der Waals surface area (Å²) < 4.78 is 28.9. The Balaban J connectivity index is 4.81. The minimum absolute atomic E-state index is 0.409. The second-order valence-electron chi connectivity index (χ2n) is 3.45. The zero-order valence-corrected chi connectivity index (χ0v) is 9.77. The van der Waals surface area contributed by atoms with E-state index in [0.717, 1.165) is 6.26 Å². The molecule has 5 nitrogen and oxygen atoms in total. The predicted molar refractivity (Wildman–Crippen MR) is 53.3 cm³/mol. The largest absolute Gasteiger partial charge is 0.468 e. The molecule has 0 aromatic carbocycles. The lowest BCUT2D eigenvalue weighted by molar-refractivity contribution is -0.147. The van der Waals surface area contributed by atoms with Gasteiger partial charge in [-0.1, -0.05) is 13.3 Å². The minimum atomic E-state index is -3.41. The van der Waals surface area contributed by atoms with Gasteiger partial charge in [0.1, 0.15) is 5.54 Å². The van der Waals surface area contributed by atoms with Gasteiger partial charge in [-0.05, 0) is 13.3 Å². The molecule has 0 spiro atoms. The molecular formula is C8H17NO4S. The zero-order chi connectivity index (χ0) is 11.4. The molecule has 0 radical (unpaired) electrons. The van der Waals surface area contributed by atoms with Gasteiger partial charge in [-0.15, -0.1) is 0 Å². The molecular weight excluding hydrogens is 206 g/mol. The van der Waals surface area contributed by atoms with E-state index in [9.17, 15) is 13.2 Å². The first kappa shape index (κ1) is 13.4. The van der Waals surface area contributed by atoms with Crippen LogP contribution in [0.4, 0.5) is 0 Å². The molecule has 0 rings (SSSR count). The number of ether oxygens (including phenoxy) is 1. The van der Waals surface area contributed by atoms with Crippen molar-refractivity contribution in [1.29, 1.82) is 0 Å². The fourth-order valence-electron chi connectivity index (χ4n) is 1.33. The number of hydrogen-bond acceptors (Lipinski definition) is 4. The molecule has 0 aromatic heterocycles. The molecule has 0 aliphatic heterocycles. The lowest BCUT2D eigenvalue weighted by Gasteiger charge is -2.26. The quantitative estimate of drug-likeness (QED) is 0.679. The van der Waals surface area contributed by atoms with Crippen molar-refractivity contribution in [1.82, 2.24) is 4.72 Å². The van der Waals surface area contributed by atoms with Gasteiger partial charge < -0.3 is 4.74 Å². The second kappa shape index (κ2) is 4.75. The number of nitrogens with one attached hydrogen (secondary N) is 1. The van der Waals surface area contributed by atoms with Gasteiger partial charge in [-0.3, -0.25) is 4.79 Å². The van der Waals surface area contributed by atoms with Crippen LogP contribution in [-0.4, -0.2) is 33.3 Å². The number of hydrogen-bond donors (Lipinski definition) is 1. The van der Waals surface area contributed by atoms with E-state index in [1.807, 2.05) is 6.92 Å². The van der Waals surface area contributed by atoms with Crippen LogP contribution in [0.5, 0.6) is 0 Å². The van der Waals surface area contributed by atoms with E-state index >= 15 is 0 Å². The molecule has 84 valence electrons. The number of sulfonamides is 1. The molecule has 0 aliphatic rings. The lowest BCUT2D eigenvalue weighted by atomic mass is 9.98. The third-order valence-electron chi connectivity index (χ3n) is 1.80. The Kier molecular flexibility index (Phi) is 4.54. The molecule has 0 heterocycles. The summed E-state index contributed by atoms with van der Waals surface area (Å²) >= 11 is 0. The average molecular weight is 223 g/mol. The lowest BCUT2D eigenvalue weighted by Crippen LogP contribution is -2.52. The van der Waals surface area contributed by atoms with Gasteiger partial charge in [0, 0.05) is 0 Å². The Labute approximate surface area is 84.9 Å². The van der Waals surface area contributed by atoms with Crippen molar-refractivity contribution in [2.24, 2.45) is 0 Å². The summed E-state index contributed by atoms with van der Waals surface area (Å²) in [6.45, 7) is 3.38. The van der Waals surface area contributed by atoms with Crippen LogP contribution < -0.4 is 4.72 Å². The molecule has 1 unspecified atom stereocenters. The van der Waals surface area contributed by atoms with Crippen LogP contribution in [0.15, 0.2) is 0 Å². The minimum Gasteiger partial charge on any atom is -0.468 e. The maximum absolute atomic E-state index is 11.4. The number of rotatable bonds is 5. The van der Waals surface area contributed by atoms with E-state index in [1.54, 1.807) is 0 Å². The van der Waals surface area contributed by atoms with Crippen LogP contribution in [0.3, 0.4) is 0 Å². The van der Waals surface area contributed by atoms with Crippen molar-refractivity contribution in [3.8, 4) is 0 Å². The summed E-state index contributed by atoms with van der Waals surface area (Å²) in [5.41, 5.74) is -1.16. The standard InChI is InChI=1S/C8H17NO4S/c1-5-6-8(2,7(10)13-3)9-14(4,11)12/h9H,5-6H2,1-4H3. The van der Waals surface area contributed by atoms with Crippen molar-refractivity contribution >= 4 is 16.0 Å². The van der Waals surface area contributed by atoms with Crippen molar-refractivity contribution in [3.05, 3.63) is 0 Å². The smallest absolute Gasteiger partial charge is 0.326 e. The van der Waals surface area contributed by atoms with E-state index < -0.39 is 21.5 Å². The van der Waals surface area contributed by atoms with Gasteiger partial charge in [0.05, 0.1) is 13.4 Å². The highest BCUT2D eigenvalue weighted by Crippen LogP contribution is 2.15. The summed E-state index contributed by atoms with van der Waals surface area (Å²) in [5, 5.41) is 0. The molecule has 0 aromatic rings. The van der Waals surface area contributed by atoms with Crippen LogP contribution in [0.25, 0.3) is 0 Å². The summed E-state index contributed by atoms with van der Waals surface area (Å²) in [7, 11) is -2.17. The Morgan fingerprint density at radius 1 is 1.50 bits per heavy atom. The first-order chi connectivity index (χ1) is 6.25. The van der Waals surface area contributed by atoms with Crippen molar-refractivity contribution in [2.45, 2.75) is 32.2 Å². The van der Waals surface area contributed by atoms with Gasteiger partial charge >= 0.3 is 5.97 Å². The van der Waals surface area contributed by atoms with Crippen molar-refractivity contribution in [2.75, 3.05) is 13.4 Å². The second-order valence-corrected chi connectivity index (χ2v) is 5.20. The maximum Gasteiger partial charge on any atom is 0.326 e. The molecule has 0 bridgehead atoms. The summed E-state index contributed by atoms with van der Waals surface area (Å²) in [5.74, 6) is -0.565. The van der Waals surface area contributed by atoms with Crippen LogP contribution in [0.2, 0.25) is 0 Å². The molecule has 0 saturated heterocycles. The first-order valence-corrected chi connectivity index (χ1v) is 6.21.